The molecule has 0 radical (unpaired) electrons. The summed E-state index contributed by atoms with van der Waals surface area (Å²) in [6, 6.07) is -0.151. The van der Waals surface area contributed by atoms with Gasteiger partial charge in [-0.25, -0.2) is 0 Å². The third-order valence-corrected chi connectivity index (χ3v) is 3.27. The molecule has 0 heterocycles. The zero-order chi connectivity index (χ0) is 11.9. The number of amides is 1. The van der Waals surface area contributed by atoms with Gasteiger partial charge in [-0.2, -0.15) is 0 Å². The minimum absolute atomic E-state index is 0.0175. The van der Waals surface area contributed by atoms with Crippen molar-refractivity contribution in [3.05, 3.63) is 0 Å². The summed E-state index contributed by atoms with van der Waals surface area (Å²) in [6.07, 6.45) is 2.19. The van der Waals surface area contributed by atoms with Crippen molar-refractivity contribution < 1.29 is 9.90 Å². The number of nitrogens with one attached hydrogen (secondary N) is 1. The van der Waals surface area contributed by atoms with Crippen molar-refractivity contribution in [2.24, 2.45) is 11.1 Å². The Labute approximate surface area is 92.2 Å². The first kappa shape index (κ1) is 14.4. The lowest BCUT2D eigenvalue weighted by molar-refractivity contribution is -0.132. The fourth-order valence-electron chi connectivity index (χ4n) is 1.57. The zero-order valence-electron chi connectivity index (χ0n) is 10.0. The average Bonchev–Trinajstić information content (AvgIpc) is 2.29. The van der Waals surface area contributed by atoms with E-state index < -0.39 is 5.41 Å². The van der Waals surface area contributed by atoms with Crippen LogP contribution in [-0.2, 0) is 4.79 Å². The van der Waals surface area contributed by atoms with Crippen molar-refractivity contribution in [3.63, 3.8) is 0 Å². The van der Waals surface area contributed by atoms with E-state index in [1.54, 1.807) is 0 Å². The van der Waals surface area contributed by atoms with Crippen LogP contribution < -0.4 is 11.1 Å². The van der Waals surface area contributed by atoms with Gasteiger partial charge in [0.05, 0.1) is 18.1 Å². The van der Waals surface area contributed by atoms with E-state index in [1.165, 1.54) is 0 Å². The molecule has 0 saturated heterocycles. The van der Waals surface area contributed by atoms with Crippen LogP contribution in [0.3, 0.4) is 0 Å². The second-order valence-corrected chi connectivity index (χ2v) is 3.95. The second kappa shape index (κ2) is 6.80. The monoisotopic (exact) mass is 216 g/mol. The lowest BCUT2D eigenvalue weighted by atomic mass is 9.81. The number of aliphatic hydroxyl groups is 1. The van der Waals surface area contributed by atoms with Crippen molar-refractivity contribution in [2.75, 3.05) is 13.2 Å². The molecule has 0 aromatic carbocycles. The molecule has 90 valence electrons. The van der Waals surface area contributed by atoms with Crippen LogP contribution in [0, 0.1) is 5.41 Å². The smallest absolute Gasteiger partial charge is 0.227 e. The van der Waals surface area contributed by atoms with E-state index in [4.69, 9.17) is 10.8 Å². The van der Waals surface area contributed by atoms with Gasteiger partial charge in [-0.1, -0.05) is 20.8 Å². The average molecular weight is 216 g/mol. The highest BCUT2D eigenvalue weighted by Crippen LogP contribution is 2.25. The molecule has 0 aliphatic rings. The summed E-state index contributed by atoms with van der Waals surface area (Å²) in [5.41, 5.74) is 5.20. The molecule has 0 aromatic heterocycles. The molecule has 0 rings (SSSR count). The van der Waals surface area contributed by atoms with E-state index >= 15 is 0 Å². The normalized spacial score (nSPS) is 13.7. The Morgan fingerprint density at radius 3 is 2.20 bits per heavy atom. The summed E-state index contributed by atoms with van der Waals surface area (Å²) < 4.78 is 0. The van der Waals surface area contributed by atoms with Gasteiger partial charge >= 0.3 is 0 Å². The molecule has 0 aliphatic heterocycles. The van der Waals surface area contributed by atoms with Gasteiger partial charge in [0.25, 0.3) is 0 Å². The number of hydrogen-bond acceptors (Lipinski definition) is 3. The number of nitrogens with two attached hydrogens (primary N) is 1. The predicted molar refractivity (Wildman–Crippen MR) is 61.4 cm³/mol. The summed E-state index contributed by atoms with van der Waals surface area (Å²) in [5, 5.41) is 11.9. The van der Waals surface area contributed by atoms with E-state index in [9.17, 15) is 4.79 Å². The van der Waals surface area contributed by atoms with E-state index in [0.717, 1.165) is 19.3 Å². The van der Waals surface area contributed by atoms with Gasteiger partial charge in [0, 0.05) is 6.54 Å². The molecule has 0 saturated carbocycles. The molecule has 4 N–H and O–H groups in total. The van der Waals surface area contributed by atoms with Gasteiger partial charge in [0.1, 0.15) is 0 Å². The maximum atomic E-state index is 12.0. The highest BCUT2D eigenvalue weighted by Gasteiger charge is 2.33. The SMILES string of the molecule is CC[C@H](CO)NC(=O)C(CC)(CC)CN. The summed E-state index contributed by atoms with van der Waals surface area (Å²) in [5.74, 6) is -0.0316. The first-order chi connectivity index (χ1) is 7.10. The highest BCUT2D eigenvalue weighted by molar-refractivity contribution is 5.83. The summed E-state index contributed by atoms with van der Waals surface area (Å²) in [4.78, 5) is 12.0. The number of hydrogen-bond donors (Lipinski definition) is 3. The predicted octanol–water partition coefficient (Wildman–Crippen LogP) is 0.639. The van der Waals surface area contributed by atoms with Gasteiger partial charge in [0.2, 0.25) is 5.91 Å². The molecule has 1 atom stereocenters. The molecule has 1 amide bonds. The molecule has 15 heavy (non-hydrogen) atoms. The zero-order valence-corrected chi connectivity index (χ0v) is 10.0. The quantitative estimate of drug-likeness (QED) is 0.584. The van der Waals surface area contributed by atoms with Gasteiger partial charge < -0.3 is 16.2 Å². The minimum Gasteiger partial charge on any atom is -0.394 e. The largest absolute Gasteiger partial charge is 0.394 e. The molecule has 0 aliphatic carbocycles. The Morgan fingerprint density at radius 1 is 1.40 bits per heavy atom. The van der Waals surface area contributed by atoms with Gasteiger partial charge in [0.15, 0.2) is 0 Å². The van der Waals surface area contributed by atoms with Gasteiger partial charge in [-0.15, -0.1) is 0 Å². The highest BCUT2D eigenvalue weighted by atomic mass is 16.3. The number of carbonyl (C=O) groups is 1. The minimum atomic E-state index is -0.470. The molecule has 0 bridgehead atoms. The molecule has 4 heteroatoms. The number of rotatable bonds is 7. The van der Waals surface area contributed by atoms with Crippen LogP contribution in [0.1, 0.15) is 40.0 Å². The van der Waals surface area contributed by atoms with Crippen molar-refractivity contribution >= 4 is 5.91 Å². The Bertz CT molecular complexity index is 179. The molecule has 0 unspecified atom stereocenters. The van der Waals surface area contributed by atoms with E-state index in [-0.39, 0.29) is 18.6 Å². The van der Waals surface area contributed by atoms with Crippen LogP contribution in [0.2, 0.25) is 0 Å². The van der Waals surface area contributed by atoms with Crippen LogP contribution in [0.15, 0.2) is 0 Å². The lowest BCUT2D eigenvalue weighted by Gasteiger charge is -2.30. The maximum absolute atomic E-state index is 12.0. The van der Waals surface area contributed by atoms with E-state index in [2.05, 4.69) is 5.32 Å². The Balaban J connectivity index is 4.51. The Morgan fingerprint density at radius 2 is 1.93 bits per heavy atom. The maximum Gasteiger partial charge on any atom is 0.227 e. The summed E-state index contributed by atoms with van der Waals surface area (Å²) in [7, 11) is 0. The molecule has 0 aromatic rings. The van der Waals surface area contributed by atoms with Crippen LogP contribution in [0.4, 0.5) is 0 Å². The Kier molecular flexibility index (Phi) is 6.52. The van der Waals surface area contributed by atoms with Crippen LogP contribution in [-0.4, -0.2) is 30.2 Å². The van der Waals surface area contributed by atoms with Crippen molar-refractivity contribution in [2.45, 2.75) is 46.1 Å². The van der Waals surface area contributed by atoms with Crippen molar-refractivity contribution in [1.82, 2.24) is 5.32 Å². The van der Waals surface area contributed by atoms with Gasteiger partial charge in [-0.05, 0) is 19.3 Å². The molecule has 4 nitrogen and oxygen atoms in total. The van der Waals surface area contributed by atoms with Crippen LogP contribution >= 0.6 is 0 Å². The first-order valence-electron chi connectivity index (χ1n) is 5.72. The number of aliphatic hydroxyl groups excluding tert-OH is 1. The molecule has 0 fully saturated rings. The van der Waals surface area contributed by atoms with Crippen LogP contribution in [0.5, 0.6) is 0 Å². The van der Waals surface area contributed by atoms with E-state index in [1.807, 2.05) is 20.8 Å². The molecular formula is C11H24N2O2. The van der Waals surface area contributed by atoms with Crippen LogP contribution in [0.25, 0.3) is 0 Å². The molecular weight excluding hydrogens is 192 g/mol. The summed E-state index contributed by atoms with van der Waals surface area (Å²) in [6.45, 7) is 6.21. The fraction of sp³-hybridized carbons (Fsp3) is 0.909. The first-order valence-corrected chi connectivity index (χ1v) is 5.72. The standard InChI is InChI=1S/C11H24N2O2/c1-4-9(7-14)13-10(15)11(5-2,6-3)8-12/h9,14H,4-8,12H2,1-3H3,(H,13,15)/t9-/m1/s1. The van der Waals surface area contributed by atoms with E-state index in [0.29, 0.717) is 6.54 Å². The topological polar surface area (TPSA) is 75.3 Å². The third-order valence-electron chi connectivity index (χ3n) is 3.27. The Hall–Kier alpha value is -0.610. The van der Waals surface area contributed by atoms with Crippen molar-refractivity contribution in [1.29, 1.82) is 0 Å². The van der Waals surface area contributed by atoms with Crippen molar-refractivity contribution in [3.8, 4) is 0 Å². The molecule has 0 spiro atoms. The summed E-state index contributed by atoms with van der Waals surface area (Å²) >= 11 is 0. The third kappa shape index (κ3) is 3.47. The fourth-order valence-corrected chi connectivity index (χ4v) is 1.57. The lowest BCUT2D eigenvalue weighted by Crippen LogP contribution is -2.49. The van der Waals surface area contributed by atoms with Gasteiger partial charge in [-0.3, -0.25) is 4.79 Å². The number of carbonyl (C=O) groups excluding carboxylic acids is 1. The second-order valence-electron chi connectivity index (χ2n) is 3.95.